The van der Waals surface area contributed by atoms with E-state index in [1.54, 1.807) is 11.3 Å². The van der Waals surface area contributed by atoms with Gasteiger partial charge in [0.25, 0.3) is 0 Å². The van der Waals surface area contributed by atoms with Crippen LogP contribution in [0.2, 0.25) is 0 Å². The Morgan fingerprint density at radius 2 is 1.10 bits per heavy atom. The molecule has 8 aromatic carbocycles. The molecule has 3 nitrogen and oxygen atoms in total. The van der Waals surface area contributed by atoms with Gasteiger partial charge in [0.1, 0.15) is 5.01 Å². The summed E-state index contributed by atoms with van der Waals surface area (Å²) in [6, 6.07) is 67.3. The molecule has 10 rings (SSSR count). The molecule has 51 heavy (non-hydrogen) atoms. The van der Waals surface area contributed by atoms with Crippen LogP contribution in [0.3, 0.4) is 0 Å². The minimum atomic E-state index is 1.02. The molecule has 0 unspecified atom stereocenters. The fourth-order valence-corrected chi connectivity index (χ4v) is 8.64. The van der Waals surface area contributed by atoms with Gasteiger partial charge in [-0.05, 0) is 60.2 Å². The summed E-state index contributed by atoms with van der Waals surface area (Å²) in [5, 5.41) is 5.90. The molecule has 0 saturated carbocycles. The first-order valence-corrected chi connectivity index (χ1v) is 18.0. The Morgan fingerprint density at radius 3 is 1.90 bits per heavy atom. The van der Waals surface area contributed by atoms with E-state index >= 15 is 0 Å². The lowest BCUT2D eigenvalue weighted by Gasteiger charge is -2.28. The average molecular weight is 670 g/mol. The number of fused-ring (bicyclic) bond motifs is 6. The van der Waals surface area contributed by atoms with E-state index in [-0.39, 0.29) is 0 Å². The van der Waals surface area contributed by atoms with Crippen molar-refractivity contribution in [2.45, 2.75) is 0 Å². The summed E-state index contributed by atoms with van der Waals surface area (Å²) in [6.07, 6.45) is 0. The second kappa shape index (κ2) is 12.1. The molecule has 0 N–H and O–H groups in total. The number of rotatable bonds is 6. The zero-order valence-corrected chi connectivity index (χ0v) is 28.5. The van der Waals surface area contributed by atoms with E-state index < -0.39 is 0 Å². The highest BCUT2D eigenvalue weighted by molar-refractivity contribution is 7.22. The number of aromatic nitrogens is 2. The Kier molecular flexibility index (Phi) is 7.00. The molecule has 0 bridgehead atoms. The highest BCUT2D eigenvalue weighted by atomic mass is 32.1. The van der Waals surface area contributed by atoms with Crippen LogP contribution in [0.4, 0.5) is 17.1 Å². The molecule has 0 amide bonds. The van der Waals surface area contributed by atoms with E-state index in [2.05, 4.69) is 198 Å². The third-order valence-corrected chi connectivity index (χ3v) is 10.9. The Balaban J connectivity index is 1.22. The van der Waals surface area contributed by atoms with Gasteiger partial charge < -0.3 is 9.47 Å². The quantitative estimate of drug-likeness (QED) is 0.176. The lowest BCUT2D eigenvalue weighted by atomic mass is 10.0. The molecule has 4 heteroatoms. The topological polar surface area (TPSA) is 21.1 Å². The summed E-state index contributed by atoms with van der Waals surface area (Å²) in [4.78, 5) is 7.46. The van der Waals surface area contributed by atoms with E-state index in [1.165, 1.54) is 42.8 Å². The van der Waals surface area contributed by atoms with Gasteiger partial charge in [-0.2, -0.15) is 0 Å². The lowest BCUT2D eigenvalue weighted by Crippen LogP contribution is -2.10. The first kappa shape index (κ1) is 29.4. The van der Waals surface area contributed by atoms with Crippen LogP contribution in [0, 0.1) is 0 Å². The third kappa shape index (κ3) is 4.91. The maximum atomic E-state index is 5.04. The van der Waals surface area contributed by atoms with Crippen molar-refractivity contribution >= 4 is 71.2 Å². The van der Waals surface area contributed by atoms with Crippen LogP contribution in [0.5, 0.6) is 0 Å². The second-order valence-electron chi connectivity index (χ2n) is 12.8. The third-order valence-electron chi connectivity index (χ3n) is 9.77. The first-order chi connectivity index (χ1) is 25.3. The number of para-hydroxylation sites is 3. The highest BCUT2D eigenvalue weighted by Gasteiger charge is 2.22. The summed E-state index contributed by atoms with van der Waals surface area (Å²) >= 11 is 1.76. The zero-order valence-electron chi connectivity index (χ0n) is 27.6. The summed E-state index contributed by atoms with van der Waals surface area (Å²) in [5.74, 6) is 0. The molecular weight excluding hydrogens is 639 g/mol. The number of nitrogens with zero attached hydrogens (tertiary/aromatic N) is 3. The van der Waals surface area contributed by atoms with Crippen molar-refractivity contribution in [2.75, 3.05) is 4.90 Å². The predicted octanol–water partition coefficient (Wildman–Crippen LogP) is 13.4. The van der Waals surface area contributed by atoms with Crippen LogP contribution in [-0.4, -0.2) is 9.55 Å². The molecule has 0 fully saturated rings. The monoisotopic (exact) mass is 669 g/mol. The first-order valence-electron chi connectivity index (χ1n) is 17.2. The van der Waals surface area contributed by atoms with Gasteiger partial charge in [0, 0.05) is 49.7 Å². The van der Waals surface area contributed by atoms with Crippen molar-refractivity contribution in [3.63, 3.8) is 0 Å². The van der Waals surface area contributed by atoms with E-state index in [1.807, 2.05) is 0 Å². The molecule has 0 aliphatic heterocycles. The maximum absolute atomic E-state index is 5.04. The minimum Gasteiger partial charge on any atom is -0.310 e. The van der Waals surface area contributed by atoms with Gasteiger partial charge in [0.15, 0.2) is 0 Å². The van der Waals surface area contributed by atoms with Gasteiger partial charge in [-0.3, -0.25) is 0 Å². The molecule has 0 radical (unpaired) electrons. The van der Waals surface area contributed by atoms with Crippen LogP contribution in [0.1, 0.15) is 0 Å². The normalized spacial score (nSPS) is 11.5. The Bertz CT molecular complexity index is 2850. The molecule has 0 atom stereocenters. The summed E-state index contributed by atoms with van der Waals surface area (Å²) in [7, 11) is 0. The van der Waals surface area contributed by atoms with Crippen molar-refractivity contribution in [2.24, 2.45) is 0 Å². The van der Waals surface area contributed by atoms with Crippen LogP contribution in [0.15, 0.2) is 188 Å². The van der Waals surface area contributed by atoms with Gasteiger partial charge >= 0.3 is 0 Å². The van der Waals surface area contributed by atoms with Crippen molar-refractivity contribution in [3.05, 3.63) is 188 Å². The van der Waals surface area contributed by atoms with Crippen LogP contribution in [-0.2, 0) is 0 Å². The summed E-state index contributed by atoms with van der Waals surface area (Å²) < 4.78 is 3.62. The van der Waals surface area contributed by atoms with E-state index in [4.69, 9.17) is 4.98 Å². The van der Waals surface area contributed by atoms with Gasteiger partial charge in [0.05, 0.1) is 26.9 Å². The number of hydrogen-bond acceptors (Lipinski definition) is 3. The van der Waals surface area contributed by atoms with Crippen LogP contribution < -0.4 is 4.90 Å². The highest BCUT2D eigenvalue weighted by Crippen LogP contribution is 2.46. The number of hydrogen-bond donors (Lipinski definition) is 0. The van der Waals surface area contributed by atoms with E-state index in [0.29, 0.717) is 0 Å². The minimum absolute atomic E-state index is 1.02. The summed E-state index contributed by atoms with van der Waals surface area (Å²) in [5.41, 5.74) is 11.4. The fraction of sp³-hybridized carbons (Fsp3) is 0. The molecular formula is C47H31N3S. The van der Waals surface area contributed by atoms with Gasteiger partial charge in [-0.15, -0.1) is 11.3 Å². The van der Waals surface area contributed by atoms with E-state index in [9.17, 15) is 0 Å². The molecule has 0 aliphatic rings. The molecule has 2 aromatic heterocycles. The Morgan fingerprint density at radius 1 is 0.471 bits per heavy atom. The molecule has 2 heterocycles. The largest absolute Gasteiger partial charge is 0.310 e. The van der Waals surface area contributed by atoms with Crippen LogP contribution in [0.25, 0.3) is 70.2 Å². The number of benzene rings is 8. The van der Waals surface area contributed by atoms with Gasteiger partial charge in [-0.1, -0.05) is 133 Å². The SMILES string of the molecule is c1ccc(-c2nc3cccc(-c4cccc(N(c5ccccc5)c5cc6c7ccccc7n(-c7ccccc7)c6c6ccccc56)c4)c3s2)cc1. The molecule has 0 aliphatic carbocycles. The smallest absolute Gasteiger partial charge is 0.124 e. The molecule has 240 valence electrons. The fourth-order valence-electron chi connectivity index (χ4n) is 7.53. The Labute approximate surface area is 299 Å². The lowest BCUT2D eigenvalue weighted by molar-refractivity contribution is 1.19. The maximum Gasteiger partial charge on any atom is 0.124 e. The van der Waals surface area contributed by atoms with Crippen molar-refractivity contribution in [1.29, 1.82) is 0 Å². The standard InChI is InChI=1S/C47H31N3S/c1-4-16-32(17-5-1)47-48-42-28-15-27-37(46(42)51-47)33-18-14-23-36(30-33)49(34-19-6-2-7-20-34)44-31-41-39-25-12-13-29-43(39)50(35-21-8-3-9-22-35)45(41)40-26-11-10-24-38(40)44/h1-31H. The predicted molar refractivity (Wildman–Crippen MR) is 217 cm³/mol. The molecule has 0 spiro atoms. The second-order valence-corrected chi connectivity index (χ2v) is 13.8. The van der Waals surface area contributed by atoms with Gasteiger partial charge in [0.2, 0.25) is 0 Å². The van der Waals surface area contributed by atoms with Crippen molar-refractivity contribution in [3.8, 4) is 27.4 Å². The van der Waals surface area contributed by atoms with Crippen molar-refractivity contribution < 1.29 is 0 Å². The summed E-state index contributed by atoms with van der Waals surface area (Å²) in [6.45, 7) is 0. The number of thiazole rings is 1. The Hall–Kier alpha value is -6.49. The number of anilines is 3. The van der Waals surface area contributed by atoms with E-state index in [0.717, 1.165) is 44.4 Å². The molecule has 0 saturated heterocycles. The zero-order chi connectivity index (χ0) is 33.7. The van der Waals surface area contributed by atoms with Gasteiger partial charge in [-0.25, -0.2) is 4.98 Å². The van der Waals surface area contributed by atoms with Crippen LogP contribution >= 0.6 is 11.3 Å². The van der Waals surface area contributed by atoms with Crippen molar-refractivity contribution in [1.82, 2.24) is 9.55 Å². The molecule has 10 aromatic rings. The average Bonchev–Trinajstić information content (AvgIpc) is 3.79.